The molecule has 1 aromatic heterocycles. The SMILES string of the molecule is CCNC(c1ccc(COC)o1)c1cc(Br)ccc1F. The molecule has 1 heterocycles. The fourth-order valence-corrected chi connectivity index (χ4v) is 2.45. The molecule has 2 aromatic rings. The van der Waals surface area contributed by atoms with E-state index >= 15 is 0 Å². The van der Waals surface area contributed by atoms with E-state index in [-0.39, 0.29) is 11.9 Å². The Hall–Kier alpha value is -1.17. The van der Waals surface area contributed by atoms with Crippen LogP contribution >= 0.6 is 15.9 Å². The monoisotopic (exact) mass is 341 g/mol. The van der Waals surface area contributed by atoms with Crippen LogP contribution in [-0.2, 0) is 11.3 Å². The summed E-state index contributed by atoms with van der Waals surface area (Å²) in [5, 5.41) is 3.24. The lowest BCUT2D eigenvalue weighted by Gasteiger charge is -2.17. The fourth-order valence-electron chi connectivity index (χ4n) is 2.07. The zero-order chi connectivity index (χ0) is 14.5. The molecule has 5 heteroatoms. The smallest absolute Gasteiger partial charge is 0.129 e. The lowest BCUT2D eigenvalue weighted by atomic mass is 10.0. The number of nitrogens with one attached hydrogen (secondary N) is 1. The second-order valence-corrected chi connectivity index (χ2v) is 5.31. The number of furan rings is 1. The van der Waals surface area contributed by atoms with Gasteiger partial charge in [-0.3, -0.25) is 0 Å². The minimum absolute atomic E-state index is 0.260. The Labute approximate surface area is 126 Å². The van der Waals surface area contributed by atoms with Gasteiger partial charge in [-0.1, -0.05) is 22.9 Å². The van der Waals surface area contributed by atoms with Crippen LogP contribution in [0.1, 0.15) is 30.0 Å². The van der Waals surface area contributed by atoms with Gasteiger partial charge < -0.3 is 14.5 Å². The quantitative estimate of drug-likeness (QED) is 0.861. The molecule has 0 radical (unpaired) electrons. The van der Waals surface area contributed by atoms with E-state index in [0.717, 1.165) is 10.2 Å². The molecule has 3 nitrogen and oxygen atoms in total. The molecule has 1 atom stereocenters. The van der Waals surface area contributed by atoms with Crippen LogP contribution in [0.25, 0.3) is 0 Å². The zero-order valence-electron chi connectivity index (χ0n) is 11.5. The first-order valence-corrected chi connectivity index (χ1v) is 7.21. The van der Waals surface area contributed by atoms with Crippen molar-refractivity contribution in [2.24, 2.45) is 0 Å². The summed E-state index contributed by atoms with van der Waals surface area (Å²) in [7, 11) is 1.61. The standard InChI is InChI=1S/C15H17BrFNO2/c1-3-18-15(12-8-10(16)4-6-13(12)17)14-7-5-11(20-14)9-19-2/h4-8,15,18H,3,9H2,1-2H3. The molecule has 0 bridgehead atoms. The van der Waals surface area contributed by atoms with Crippen LogP contribution < -0.4 is 5.32 Å². The summed E-state index contributed by atoms with van der Waals surface area (Å²) >= 11 is 3.37. The molecule has 2 rings (SSSR count). The van der Waals surface area contributed by atoms with Crippen LogP contribution in [0.15, 0.2) is 39.2 Å². The van der Waals surface area contributed by atoms with Gasteiger partial charge in [0.2, 0.25) is 0 Å². The third kappa shape index (κ3) is 3.48. The zero-order valence-corrected chi connectivity index (χ0v) is 13.0. The molecule has 1 aromatic carbocycles. The minimum atomic E-state index is -0.317. The van der Waals surface area contributed by atoms with E-state index in [4.69, 9.17) is 9.15 Å². The summed E-state index contributed by atoms with van der Waals surface area (Å²) in [5.74, 6) is 1.14. The molecule has 1 N–H and O–H groups in total. The van der Waals surface area contributed by atoms with Gasteiger partial charge in [-0.15, -0.1) is 0 Å². The van der Waals surface area contributed by atoms with Crippen molar-refractivity contribution in [3.8, 4) is 0 Å². The van der Waals surface area contributed by atoms with Gasteiger partial charge in [-0.05, 0) is 36.9 Å². The lowest BCUT2D eigenvalue weighted by Crippen LogP contribution is -2.22. The molecule has 0 saturated carbocycles. The Morgan fingerprint density at radius 2 is 2.15 bits per heavy atom. The van der Waals surface area contributed by atoms with Gasteiger partial charge in [0.15, 0.2) is 0 Å². The molecule has 0 aliphatic carbocycles. The van der Waals surface area contributed by atoms with Gasteiger partial charge >= 0.3 is 0 Å². The second kappa shape index (κ2) is 7.02. The van der Waals surface area contributed by atoms with Crippen LogP contribution in [0.4, 0.5) is 4.39 Å². The van der Waals surface area contributed by atoms with E-state index in [1.807, 2.05) is 19.1 Å². The molecule has 0 aliphatic heterocycles. The van der Waals surface area contributed by atoms with Crippen LogP contribution in [0.3, 0.4) is 0 Å². The highest BCUT2D eigenvalue weighted by molar-refractivity contribution is 9.10. The minimum Gasteiger partial charge on any atom is -0.462 e. The van der Waals surface area contributed by atoms with Crippen molar-refractivity contribution in [1.82, 2.24) is 5.32 Å². The maximum Gasteiger partial charge on any atom is 0.129 e. The van der Waals surface area contributed by atoms with Gasteiger partial charge in [-0.2, -0.15) is 0 Å². The molecular formula is C15H17BrFNO2. The van der Waals surface area contributed by atoms with Crippen molar-refractivity contribution in [3.05, 3.63) is 57.7 Å². The average molecular weight is 342 g/mol. The maximum atomic E-state index is 14.1. The Morgan fingerprint density at radius 1 is 1.35 bits per heavy atom. The summed E-state index contributed by atoms with van der Waals surface area (Å²) < 4.78 is 25.6. The van der Waals surface area contributed by atoms with Crippen molar-refractivity contribution in [2.75, 3.05) is 13.7 Å². The number of methoxy groups -OCH3 is 1. The van der Waals surface area contributed by atoms with Crippen LogP contribution in [0.5, 0.6) is 0 Å². The van der Waals surface area contributed by atoms with Gasteiger partial charge in [0.1, 0.15) is 23.9 Å². The largest absolute Gasteiger partial charge is 0.462 e. The number of rotatable bonds is 6. The number of hydrogen-bond donors (Lipinski definition) is 1. The lowest BCUT2D eigenvalue weighted by molar-refractivity contribution is 0.162. The van der Waals surface area contributed by atoms with Gasteiger partial charge in [0.25, 0.3) is 0 Å². The molecule has 0 aliphatic rings. The topological polar surface area (TPSA) is 34.4 Å². The van der Waals surface area contributed by atoms with E-state index < -0.39 is 0 Å². The van der Waals surface area contributed by atoms with E-state index in [1.54, 1.807) is 19.2 Å². The van der Waals surface area contributed by atoms with Crippen LogP contribution in [-0.4, -0.2) is 13.7 Å². The first kappa shape index (κ1) is 15.2. The third-order valence-corrected chi connectivity index (χ3v) is 3.42. The molecule has 108 valence electrons. The molecule has 0 spiro atoms. The van der Waals surface area contributed by atoms with Gasteiger partial charge in [0.05, 0.1) is 6.04 Å². The average Bonchev–Trinajstić information content (AvgIpc) is 2.88. The molecule has 0 amide bonds. The molecule has 1 unspecified atom stereocenters. The Bertz CT molecular complexity index is 571. The van der Waals surface area contributed by atoms with Crippen molar-refractivity contribution in [2.45, 2.75) is 19.6 Å². The Balaban J connectivity index is 2.36. The summed E-state index contributed by atoms with van der Waals surface area (Å²) in [6, 6.07) is 8.27. The highest BCUT2D eigenvalue weighted by Crippen LogP contribution is 2.28. The maximum absolute atomic E-state index is 14.1. The first-order valence-electron chi connectivity index (χ1n) is 6.41. The van der Waals surface area contributed by atoms with Gasteiger partial charge in [-0.25, -0.2) is 4.39 Å². The Kier molecular flexibility index (Phi) is 5.34. The van der Waals surface area contributed by atoms with Crippen molar-refractivity contribution in [3.63, 3.8) is 0 Å². The highest BCUT2D eigenvalue weighted by Gasteiger charge is 2.20. The first-order chi connectivity index (χ1) is 9.65. The van der Waals surface area contributed by atoms with Crippen molar-refractivity contribution in [1.29, 1.82) is 0 Å². The Morgan fingerprint density at radius 3 is 2.85 bits per heavy atom. The summed E-state index contributed by atoms with van der Waals surface area (Å²) in [5.41, 5.74) is 0.555. The summed E-state index contributed by atoms with van der Waals surface area (Å²) in [6.07, 6.45) is 0. The van der Waals surface area contributed by atoms with E-state index in [0.29, 0.717) is 24.5 Å². The van der Waals surface area contributed by atoms with E-state index in [1.165, 1.54) is 6.07 Å². The van der Waals surface area contributed by atoms with Gasteiger partial charge in [0, 0.05) is 17.1 Å². The van der Waals surface area contributed by atoms with E-state index in [2.05, 4.69) is 21.2 Å². The number of hydrogen-bond acceptors (Lipinski definition) is 3. The molecule has 0 saturated heterocycles. The fraction of sp³-hybridized carbons (Fsp3) is 0.333. The third-order valence-electron chi connectivity index (χ3n) is 2.93. The number of halogens is 2. The molecule has 20 heavy (non-hydrogen) atoms. The predicted octanol–water partition coefficient (Wildman–Crippen LogP) is 4.03. The molecule has 0 fully saturated rings. The summed E-state index contributed by atoms with van der Waals surface area (Å²) in [4.78, 5) is 0. The van der Waals surface area contributed by atoms with Crippen molar-refractivity contribution >= 4 is 15.9 Å². The normalized spacial score (nSPS) is 12.6. The predicted molar refractivity (Wildman–Crippen MR) is 79.0 cm³/mol. The highest BCUT2D eigenvalue weighted by atomic mass is 79.9. The number of benzene rings is 1. The molecular weight excluding hydrogens is 325 g/mol. The van der Waals surface area contributed by atoms with Crippen LogP contribution in [0.2, 0.25) is 0 Å². The van der Waals surface area contributed by atoms with Crippen molar-refractivity contribution < 1.29 is 13.5 Å². The van der Waals surface area contributed by atoms with Crippen LogP contribution in [0, 0.1) is 5.82 Å². The summed E-state index contributed by atoms with van der Waals surface area (Å²) in [6.45, 7) is 3.08. The van der Waals surface area contributed by atoms with E-state index in [9.17, 15) is 4.39 Å². The number of ether oxygens (including phenoxy) is 1. The second-order valence-electron chi connectivity index (χ2n) is 4.39.